The molecule has 4 N–H and O–H groups in total. The van der Waals surface area contributed by atoms with Gasteiger partial charge in [0.25, 0.3) is 11.9 Å². The van der Waals surface area contributed by atoms with Gasteiger partial charge in [0.15, 0.2) is 0 Å². The molecule has 0 saturated heterocycles. The fraction of sp³-hybridized carbons (Fsp3) is 0.500. The van der Waals surface area contributed by atoms with Gasteiger partial charge in [-0.15, -0.1) is 0 Å². The van der Waals surface area contributed by atoms with Gasteiger partial charge in [0.05, 0.1) is 0 Å². The van der Waals surface area contributed by atoms with Crippen LogP contribution in [0.25, 0.3) is 11.5 Å². The van der Waals surface area contributed by atoms with Crippen molar-refractivity contribution in [1.82, 2.24) is 0 Å². The fourth-order valence-electron chi connectivity index (χ4n) is 0. The summed E-state index contributed by atoms with van der Waals surface area (Å²) in [5.41, 5.74) is 12.1. The van der Waals surface area contributed by atoms with E-state index in [0.717, 1.165) is 0 Å². The van der Waals surface area contributed by atoms with E-state index in [1.54, 1.807) is 0 Å². The zero-order valence-corrected chi connectivity index (χ0v) is 6.68. The molecule has 0 amide bonds. The van der Waals surface area contributed by atoms with Crippen molar-refractivity contribution in [1.29, 1.82) is 0 Å². The third-order valence-electron chi connectivity index (χ3n) is 0.302. The van der Waals surface area contributed by atoms with Crippen LogP contribution in [0.4, 0.5) is 0 Å². The molecule has 0 aliphatic carbocycles. The summed E-state index contributed by atoms with van der Waals surface area (Å²) in [6, 6.07) is 0. The molecule has 1 radical (unpaired) electrons. The quantitative estimate of drug-likeness (QED) is 0.624. The summed E-state index contributed by atoms with van der Waals surface area (Å²) >= 11 is 0. The van der Waals surface area contributed by atoms with Crippen molar-refractivity contribution in [2.75, 3.05) is 13.1 Å². The average Bonchev–Trinajstić information content (AvgIpc) is 1.89. The molecule has 0 unspecified atom stereocenters. The second-order valence-corrected chi connectivity index (χ2v) is 1.14. The van der Waals surface area contributed by atoms with E-state index in [1.807, 2.05) is 0 Å². The van der Waals surface area contributed by atoms with Crippen LogP contribution in [-0.4, -0.2) is 35.2 Å². The maximum atomic E-state index is 9.18. The van der Waals surface area contributed by atoms with Gasteiger partial charge in [-0.3, -0.25) is 9.59 Å². The summed E-state index contributed by atoms with van der Waals surface area (Å²) in [5, 5.41) is 15.1. The molecule has 0 rings (SSSR count). The number of carboxylic acids is 2. The standard InChI is InChI=1S/2C2H4NO2.Mn/c2*3-1-2(4)5;/h2*3H,1H2,(H,4,5);/q2*-1;+2. The molecule has 65 valence electrons. The summed E-state index contributed by atoms with van der Waals surface area (Å²) < 4.78 is 0. The summed E-state index contributed by atoms with van der Waals surface area (Å²) in [6.45, 7) is -1.06. The van der Waals surface area contributed by atoms with Crippen LogP contribution in [0.2, 0.25) is 0 Å². The van der Waals surface area contributed by atoms with Crippen LogP contribution in [0.3, 0.4) is 0 Å². The van der Waals surface area contributed by atoms with Crippen molar-refractivity contribution in [3.63, 3.8) is 0 Å². The van der Waals surface area contributed by atoms with Crippen LogP contribution in [0.5, 0.6) is 0 Å². The van der Waals surface area contributed by atoms with Crippen molar-refractivity contribution >= 4 is 11.9 Å². The first-order valence-corrected chi connectivity index (χ1v) is 2.27. The molecule has 0 atom stereocenters. The van der Waals surface area contributed by atoms with Crippen LogP contribution >= 0.6 is 0 Å². The molecule has 0 fully saturated rings. The predicted octanol–water partition coefficient (Wildman–Crippen LogP) is 0.244. The van der Waals surface area contributed by atoms with Gasteiger partial charge in [-0.1, -0.05) is 13.1 Å². The summed E-state index contributed by atoms with van der Waals surface area (Å²) in [7, 11) is 0. The molecular formula is C4H8MnN2O4. The van der Waals surface area contributed by atoms with Crippen molar-refractivity contribution in [3.8, 4) is 0 Å². The van der Waals surface area contributed by atoms with Crippen LogP contribution in [0.15, 0.2) is 0 Å². The second kappa shape index (κ2) is 12.1. The Balaban J connectivity index is -0.000000107. The third-order valence-corrected chi connectivity index (χ3v) is 0.302. The van der Waals surface area contributed by atoms with E-state index in [1.165, 1.54) is 0 Å². The summed E-state index contributed by atoms with van der Waals surface area (Å²) in [4.78, 5) is 18.4. The van der Waals surface area contributed by atoms with Gasteiger partial charge in [0.2, 0.25) is 0 Å². The van der Waals surface area contributed by atoms with E-state index in [2.05, 4.69) is 0 Å². The Labute approximate surface area is 74.0 Å². The van der Waals surface area contributed by atoms with E-state index < -0.39 is 25.0 Å². The number of rotatable bonds is 2. The Kier molecular flexibility index (Phi) is 18.4. The van der Waals surface area contributed by atoms with Gasteiger partial charge in [-0.2, -0.15) is 0 Å². The molecule has 0 aromatic carbocycles. The molecule has 0 aliphatic heterocycles. The van der Waals surface area contributed by atoms with E-state index in [9.17, 15) is 9.59 Å². The largest absolute Gasteiger partial charge is 2.00 e. The first-order chi connectivity index (χ1) is 4.54. The SMILES string of the molecule is [Mn+2].[NH-]CC(=O)O.[NH-]CC(=O)O. The Morgan fingerprint density at radius 1 is 1.00 bits per heavy atom. The zero-order chi connectivity index (χ0) is 8.57. The number of carboxylic acid groups (broad SMARTS) is 2. The molecule has 0 saturated carbocycles. The number of hydrogen-bond donors (Lipinski definition) is 2. The minimum Gasteiger partial charge on any atom is -0.668 e. The van der Waals surface area contributed by atoms with Crippen molar-refractivity contribution in [2.45, 2.75) is 0 Å². The molecule has 0 aromatic heterocycles. The first kappa shape index (κ1) is 16.8. The number of nitrogens with one attached hydrogen (secondary N) is 2. The minimum absolute atomic E-state index is 0. The van der Waals surface area contributed by atoms with E-state index >= 15 is 0 Å². The van der Waals surface area contributed by atoms with E-state index in [0.29, 0.717) is 0 Å². The van der Waals surface area contributed by atoms with Crippen molar-refractivity contribution in [2.24, 2.45) is 0 Å². The Morgan fingerprint density at radius 2 is 1.09 bits per heavy atom. The smallest absolute Gasteiger partial charge is 0.668 e. The molecule has 11 heavy (non-hydrogen) atoms. The second-order valence-electron chi connectivity index (χ2n) is 1.14. The van der Waals surface area contributed by atoms with Gasteiger partial charge in [0, 0.05) is 0 Å². The topological polar surface area (TPSA) is 122 Å². The Morgan fingerprint density at radius 3 is 1.09 bits per heavy atom. The average molecular weight is 203 g/mol. The van der Waals surface area contributed by atoms with Crippen molar-refractivity contribution < 1.29 is 36.9 Å². The molecule has 0 spiro atoms. The number of aliphatic carboxylic acids is 2. The molecular weight excluding hydrogens is 195 g/mol. The number of hydrogen-bond acceptors (Lipinski definition) is 2. The Bertz CT molecular complexity index is 105. The van der Waals surface area contributed by atoms with Gasteiger partial charge < -0.3 is 21.7 Å². The molecule has 7 heteroatoms. The van der Waals surface area contributed by atoms with Crippen molar-refractivity contribution in [3.05, 3.63) is 11.5 Å². The Hall–Kier alpha value is -0.621. The van der Waals surface area contributed by atoms with Crippen LogP contribution in [0, 0.1) is 0 Å². The van der Waals surface area contributed by atoms with Gasteiger partial charge in [-0.25, -0.2) is 0 Å². The molecule has 0 aromatic rings. The normalized spacial score (nSPS) is 6.73. The molecule has 6 nitrogen and oxygen atoms in total. The maximum absolute atomic E-state index is 9.18. The van der Waals surface area contributed by atoms with Gasteiger partial charge in [-0.05, 0) is 0 Å². The van der Waals surface area contributed by atoms with E-state index in [-0.39, 0.29) is 17.1 Å². The van der Waals surface area contributed by atoms with Gasteiger partial charge >= 0.3 is 17.1 Å². The molecule has 0 heterocycles. The minimum atomic E-state index is -1.08. The van der Waals surface area contributed by atoms with Gasteiger partial charge in [0.1, 0.15) is 0 Å². The molecule has 0 aliphatic rings. The fourth-order valence-corrected chi connectivity index (χ4v) is 0. The summed E-state index contributed by atoms with van der Waals surface area (Å²) in [5.74, 6) is -2.16. The van der Waals surface area contributed by atoms with E-state index in [4.69, 9.17) is 21.7 Å². The van der Waals surface area contributed by atoms with Crippen LogP contribution in [-0.2, 0) is 26.7 Å². The number of carbonyl (C=O) groups is 2. The maximum Gasteiger partial charge on any atom is 2.00 e. The monoisotopic (exact) mass is 203 g/mol. The predicted molar refractivity (Wildman–Crippen MR) is 33.6 cm³/mol. The zero-order valence-electron chi connectivity index (χ0n) is 5.50. The van der Waals surface area contributed by atoms with Crippen LogP contribution in [0.1, 0.15) is 0 Å². The summed E-state index contributed by atoms with van der Waals surface area (Å²) in [6.07, 6.45) is 0. The first-order valence-electron chi connectivity index (χ1n) is 2.27. The molecule has 0 bridgehead atoms. The van der Waals surface area contributed by atoms with Crippen LogP contribution < -0.4 is 0 Å². The third kappa shape index (κ3) is 44.7.